The molecule has 0 unspecified atom stereocenters. The average Bonchev–Trinajstić information content (AvgIpc) is 2.75. The third-order valence-corrected chi connectivity index (χ3v) is 4.77. The SMILES string of the molecule is CC(=O)O[C@H]1C/C=C(\C)C[C@@H](OC(C)=O)[C@@H]2[C@H](/C=C/1C)OC(=O)[C@@H]2C. The van der Waals surface area contributed by atoms with E-state index in [-0.39, 0.29) is 29.7 Å². The van der Waals surface area contributed by atoms with E-state index in [9.17, 15) is 14.4 Å². The first-order valence-electron chi connectivity index (χ1n) is 8.58. The predicted octanol–water partition coefficient (Wildman–Crippen LogP) is 2.71. The summed E-state index contributed by atoms with van der Waals surface area (Å²) in [6.07, 6.45) is 3.52. The van der Waals surface area contributed by atoms with Crippen molar-refractivity contribution < 1.29 is 28.6 Å². The van der Waals surface area contributed by atoms with Gasteiger partial charge in [0.15, 0.2) is 0 Å². The van der Waals surface area contributed by atoms with Gasteiger partial charge >= 0.3 is 17.9 Å². The Morgan fingerprint density at radius 1 is 1.16 bits per heavy atom. The number of hydrogen-bond donors (Lipinski definition) is 0. The zero-order valence-corrected chi connectivity index (χ0v) is 15.4. The molecule has 0 aromatic rings. The van der Waals surface area contributed by atoms with Crippen molar-refractivity contribution >= 4 is 17.9 Å². The van der Waals surface area contributed by atoms with Crippen LogP contribution in [0.3, 0.4) is 0 Å². The maximum absolute atomic E-state index is 12.1. The standard InChI is InChI=1S/C19H26O6/c1-10-6-7-15(23-13(4)20)11(2)9-17-18(12(3)19(22)25-17)16(8-10)24-14(5)21/h6,9,12,15-18H,7-8H2,1-5H3/b10-6+,11-9+/t12-,15+,16-,17+,18-/m1/s1. The summed E-state index contributed by atoms with van der Waals surface area (Å²) < 4.78 is 16.4. The van der Waals surface area contributed by atoms with Crippen LogP contribution in [0.4, 0.5) is 0 Å². The van der Waals surface area contributed by atoms with Gasteiger partial charge in [0.2, 0.25) is 0 Å². The van der Waals surface area contributed by atoms with E-state index in [0.717, 1.165) is 11.1 Å². The first kappa shape index (κ1) is 19.2. The Morgan fingerprint density at radius 2 is 1.80 bits per heavy atom. The summed E-state index contributed by atoms with van der Waals surface area (Å²) in [7, 11) is 0. The minimum absolute atomic E-state index is 0.272. The van der Waals surface area contributed by atoms with Crippen LogP contribution in [0.25, 0.3) is 0 Å². The van der Waals surface area contributed by atoms with Crippen molar-refractivity contribution in [3.8, 4) is 0 Å². The summed E-state index contributed by atoms with van der Waals surface area (Å²) in [5, 5.41) is 0. The van der Waals surface area contributed by atoms with Crippen LogP contribution < -0.4 is 0 Å². The monoisotopic (exact) mass is 350 g/mol. The second-order valence-electron chi connectivity index (χ2n) is 6.91. The molecule has 6 heteroatoms. The van der Waals surface area contributed by atoms with Crippen LogP contribution in [0.1, 0.15) is 47.5 Å². The first-order chi connectivity index (χ1) is 11.7. The summed E-state index contributed by atoms with van der Waals surface area (Å²) in [6.45, 7) is 8.33. The molecule has 5 atom stereocenters. The molecule has 2 aliphatic rings. The topological polar surface area (TPSA) is 78.9 Å². The second kappa shape index (κ2) is 7.85. The fourth-order valence-corrected chi connectivity index (χ4v) is 3.51. The Bertz CT molecular complexity index is 617. The van der Waals surface area contributed by atoms with Gasteiger partial charge in [-0.3, -0.25) is 14.4 Å². The number of rotatable bonds is 2. The van der Waals surface area contributed by atoms with Crippen molar-refractivity contribution in [3.63, 3.8) is 0 Å². The van der Waals surface area contributed by atoms with Gasteiger partial charge in [-0.05, 0) is 25.5 Å². The molecule has 138 valence electrons. The molecule has 0 aromatic carbocycles. The molecular weight excluding hydrogens is 324 g/mol. The quantitative estimate of drug-likeness (QED) is 0.433. The minimum atomic E-state index is -0.504. The van der Waals surface area contributed by atoms with Gasteiger partial charge in [0.05, 0.1) is 11.8 Å². The Balaban J connectivity index is 2.41. The lowest BCUT2D eigenvalue weighted by Gasteiger charge is -2.29. The molecule has 0 bridgehead atoms. The number of ether oxygens (including phenoxy) is 3. The van der Waals surface area contributed by atoms with E-state index in [4.69, 9.17) is 14.2 Å². The van der Waals surface area contributed by atoms with Gasteiger partial charge in [0.25, 0.3) is 0 Å². The summed E-state index contributed by atoms with van der Waals surface area (Å²) >= 11 is 0. The Hall–Kier alpha value is -2.11. The van der Waals surface area contributed by atoms with Crippen LogP contribution in [-0.2, 0) is 28.6 Å². The second-order valence-corrected chi connectivity index (χ2v) is 6.91. The largest absolute Gasteiger partial charge is 0.462 e. The maximum atomic E-state index is 12.1. The van der Waals surface area contributed by atoms with Crippen molar-refractivity contribution in [2.24, 2.45) is 11.8 Å². The smallest absolute Gasteiger partial charge is 0.309 e. The zero-order chi connectivity index (χ0) is 18.7. The Morgan fingerprint density at radius 3 is 2.40 bits per heavy atom. The van der Waals surface area contributed by atoms with E-state index in [1.54, 1.807) is 6.92 Å². The summed E-state index contributed by atoms with van der Waals surface area (Å²) in [4.78, 5) is 35.1. The van der Waals surface area contributed by atoms with Crippen molar-refractivity contribution in [1.82, 2.24) is 0 Å². The first-order valence-corrected chi connectivity index (χ1v) is 8.58. The molecule has 25 heavy (non-hydrogen) atoms. The number of esters is 3. The molecule has 1 aliphatic carbocycles. The van der Waals surface area contributed by atoms with E-state index in [2.05, 4.69) is 0 Å². The van der Waals surface area contributed by atoms with Crippen molar-refractivity contribution in [1.29, 1.82) is 0 Å². The molecule has 0 saturated carbocycles. The van der Waals surface area contributed by atoms with E-state index in [1.807, 2.05) is 26.0 Å². The number of hydrogen-bond acceptors (Lipinski definition) is 6. The third-order valence-electron chi connectivity index (χ3n) is 4.77. The van der Waals surface area contributed by atoms with Crippen LogP contribution in [0.2, 0.25) is 0 Å². The molecule has 0 aromatic heterocycles. The van der Waals surface area contributed by atoms with Crippen LogP contribution in [0, 0.1) is 11.8 Å². The van der Waals surface area contributed by atoms with Gasteiger partial charge in [-0.2, -0.15) is 0 Å². The number of carbonyl (C=O) groups is 3. The van der Waals surface area contributed by atoms with Gasteiger partial charge in [0.1, 0.15) is 18.3 Å². The average molecular weight is 350 g/mol. The van der Waals surface area contributed by atoms with E-state index >= 15 is 0 Å². The highest BCUT2D eigenvalue weighted by atomic mass is 16.6. The number of carbonyl (C=O) groups excluding carboxylic acids is 3. The van der Waals surface area contributed by atoms with Gasteiger partial charge in [-0.25, -0.2) is 0 Å². The summed E-state index contributed by atoms with van der Waals surface area (Å²) in [6, 6.07) is 0. The third kappa shape index (κ3) is 4.71. The maximum Gasteiger partial charge on any atom is 0.309 e. The zero-order valence-electron chi connectivity index (χ0n) is 15.4. The lowest BCUT2D eigenvalue weighted by atomic mass is 9.82. The van der Waals surface area contributed by atoms with Crippen molar-refractivity contribution in [3.05, 3.63) is 23.3 Å². The Kier molecular flexibility index (Phi) is 6.03. The number of fused-ring (bicyclic) bond motifs is 1. The van der Waals surface area contributed by atoms with E-state index in [1.165, 1.54) is 13.8 Å². The van der Waals surface area contributed by atoms with Crippen LogP contribution in [0.15, 0.2) is 23.3 Å². The van der Waals surface area contributed by atoms with Gasteiger partial charge in [-0.1, -0.05) is 18.6 Å². The lowest BCUT2D eigenvalue weighted by Crippen LogP contribution is -2.35. The lowest BCUT2D eigenvalue weighted by molar-refractivity contribution is -0.150. The molecule has 0 spiro atoms. The molecule has 0 radical (unpaired) electrons. The molecule has 1 heterocycles. The van der Waals surface area contributed by atoms with Crippen molar-refractivity contribution in [2.45, 2.75) is 65.8 Å². The van der Waals surface area contributed by atoms with Crippen molar-refractivity contribution in [2.75, 3.05) is 0 Å². The molecule has 1 saturated heterocycles. The van der Waals surface area contributed by atoms with Crippen LogP contribution in [-0.4, -0.2) is 36.2 Å². The highest BCUT2D eigenvalue weighted by Gasteiger charge is 2.47. The van der Waals surface area contributed by atoms with E-state index in [0.29, 0.717) is 12.8 Å². The molecule has 1 aliphatic heterocycles. The highest BCUT2D eigenvalue weighted by Crippen LogP contribution is 2.37. The van der Waals surface area contributed by atoms with Gasteiger partial charge < -0.3 is 14.2 Å². The fourth-order valence-electron chi connectivity index (χ4n) is 3.51. The molecule has 0 N–H and O–H groups in total. The fraction of sp³-hybridized carbons (Fsp3) is 0.632. The van der Waals surface area contributed by atoms with Crippen LogP contribution >= 0.6 is 0 Å². The van der Waals surface area contributed by atoms with Crippen LogP contribution in [0.5, 0.6) is 0 Å². The highest BCUT2D eigenvalue weighted by molar-refractivity contribution is 5.75. The molecule has 0 amide bonds. The predicted molar refractivity (Wildman–Crippen MR) is 90.4 cm³/mol. The normalized spacial score (nSPS) is 36.8. The Labute approximate surface area is 148 Å². The summed E-state index contributed by atoms with van der Waals surface area (Å²) in [5.74, 6) is -1.68. The van der Waals surface area contributed by atoms with Gasteiger partial charge in [-0.15, -0.1) is 0 Å². The van der Waals surface area contributed by atoms with E-state index < -0.39 is 18.3 Å². The molecule has 6 nitrogen and oxygen atoms in total. The minimum Gasteiger partial charge on any atom is -0.462 e. The molecule has 1 fully saturated rings. The summed E-state index contributed by atoms with van der Waals surface area (Å²) in [5.41, 5.74) is 1.84. The van der Waals surface area contributed by atoms with Gasteiger partial charge in [0, 0.05) is 26.7 Å². The molecule has 2 rings (SSSR count). The molecular formula is C19H26O6.